The first kappa shape index (κ1) is 16.5. The monoisotopic (exact) mass is 305 g/mol. The highest BCUT2D eigenvalue weighted by atomic mass is 19.1. The smallest absolute Gasteiger partial charge is 0.317 e. The minimum Gasteiger partial charge on any atom is -0.335 e. The molecule has 1 N–H and O–H groups in total. The molecule has 2 rings (SSSR count). The van der Waals surface area contributed by atoms with Crippen molar-refractivity contribution in [3.05, 3.63) is 48.3 Å². The second-order valence-electron chi connectivity index (χ2n) is 5.80. The van der Waals surface area contributed by atoms with Crippen LogP contribution in [0, 0.1) is 5.82 Å². The number of benzene rings is 1. The van der Waals surface area contributed by atoms with Crippen molar-refractivity contribution in [2.24, 2.45) is 0 Å². The van der Waals surface area contributed by atoms with Gasteiger partial charge in [-0.2, -0.15) is 0 Å². The lowest BCUT2D eigenvalue weighted by Gasteiger charge is -2.32. The summed E-state index contributed by atoms with van der Waals surface area (Å²) in [5.41, 5.74) is 0.917. The normalized spacial score (nSPS) is 16.3. The van der Waals surface area contributed by atoms with Gasteiger partial charge in [0.05, 0.1) is 0 Å². The van der Waals surface area contributed by atoms with E-state index in [-0.39, 0.29) is 17.9 Å². The molecular weight excluding hydrogens is 281 g/mol. The molecule has 1 aromatic rings. The van der Waals surface area contributed by atoms with Crippen LogP contribution in [0.2, 0.25) is 0 Å². The minimum absolute atomic E-state index is 0.0773. The molecule has 4 nitrogen and oxygen atoms in total. The number of carbonyl (C=O) groups is 1. The number of nitrogens with zero attached hydrogens (tertiary/aromatic N) is 2. The predicted octanol–water partition coefficient (Wildman–Crippen LogP) is 2.62. The van der Waals surface area contributed by atoms with E-state index in [0.717, 1.165) is 38.0 Å². The van der Waals surface area contributed by atoms with Crippen LogP contribution in [0.5, 0.6) is 0 Å². The van der Waals surface area contributed by atoms with Crippen LogP contribution >= 0.6 is 0 Å². The van der Waals surface area contributed by atoms with Crippen molar-refractivity contribution in [3.8, 4) is 0 Å². The molecular formula is C17H24FN3O. The SMILES string of the molecule is C=CCN1CCC(NC(=O)N(C)Cc2ccc(F)cc2)CC1. The molecule has 0 aliphatic carbocycles. The maximum atomic E-state index is 12.9. The zero-order valence-corrected chi connectivity index (χ0v) is 13.1. The van der Waals surface area contributed by atoms with Crippen LogP contribution in [0.25, 0.3) is 0 Å². The number of piperidine rings is 1. The Labute approximate surface area is 131 Å². The molecule has 0 unspecified atom stereocenters. The van der Waals surface area contributed by atoms with E-state index >= 15 is 0 Å². The second-order valence-corrected chi connectivity index (χ2v) is 5.80. The fraction of sp³-hybridized carbons (Fsp3) is 0.471. The molecule has 1 aliphatic heterocycles. The maximum absolute atomic E-state index is 12.9. The van der Waals surface area contributed by atoms with Gasteiger partial charge in [-0.05, 0) is 30.5 Å². The van der Waals surface area contributed by atoms with E-state index in [1.165, 1.54) is 12.1 Å². The summed E-state index contributed by atoms with van der Waals surface area (Å²) in [6.45, 7) is 7.10. The summed E-state index contributed by atoms with van der Waals surface area (Å²) in [7, 11) is 1.76. The van der Waals surface area contributed by atoms with Gasteiger partial charge in [-0.1, -0.05) is 18.2 Å². The van der Waals surface area contributed by atoms with E-state index in [4.69, 9.17) is 0 Å². The third-order valence-electron chi connectivity index (χ3n) is 3.98. The number of rotatable bonds is 5. The maximum Gasteiger partial charge on any atom is 0.317 e. The number of hydrogen-bond donors (Lipinski definition) is 1. The van der Waals surface area contributed by atoms with E-state index in [1.54, 1.807) is 24.1 Å². The number of amides is 2. The summed E-state index contributed by atoms with van der Waals surface area (Å²) < 4.78 is 12.9. The van der Waals surface area contributed by atoms with Gasteiger partial charge < -0.3 is 10.2 Å². The molecule has 0 aromatic heterocycles. The minimum atomic E-state index is -0.262. The van der Waals surface area contributed by atoms with Gasteiger partial charge in [0.25, 0.3) is 0 Å². The third-order valence-corrected chi connectivity index (χ3v) is 3.98. The lowest BCUT2D eigenvalue weighted by Crippen LogP contribution is -2.48. The van der Waals surface area contributed by atoms with E-state index in [2.05, 4.69) is 16.8 Å². The fourth-order valence-electron chi connectivity index (χ4n) is 2.66. The molecule has 1 fully saturated rings. The lowest BCUT2D eigenvalue weighted by atomic mass is 10.1. The average Bonchev–Trinajstić information content (AvgIpc) is 2.51. The summed E-state index contributed by atoms with van der Waals surface area (Å²) in [4.78, 5) is 16.2. The van der Waals surface area contributed by atoms with Crippen LogP contribution in [0.3, 0.4) is 0 Å². The van der Waals surface area contributed by atoms with Crippen LogP contribution in [0.1, 0.15) is 18.4 Å². The van der Waals surface area contributed by atoms with Gasteiger partial charge in [-0.3, -0.25) is 4.90 Å². The molecule has 2 amide bonds. The van der Waals surface area contributed by atoms with Crippen LogP contribution in [-0.2, 0) is 6.54 Å². The molecule has 0 radical (unpaired) electrons. The standard InChI is InChI=1S/C17H24FN3O/c1-3-10-21-11-8-16(9-12-21)19-17(22)20(2)13-14-4-6-15(18)7-5-14/h3-7,16H,1,8-13H2,2H3,(H,19,22). The van der Waals surface area contributed by atoms with E-state index in [1.807, 2.05) is 6.08 Å². The molecule has 120 valence electrons. The summed E-state index contributed by atoms with van der Waals surface area (Å²) in [6, 6.07) is 6.38. The largest absolute Gasteiger partial charge is 0.335 e. The Morgan fingerprint density at radius 2 is 2.05 bits per heavy atom. The first-order valence-corrected chi connectivity index (χ1v) is 7.68. The van der Waals surface area contributed by atoms with Gasteiger partial charge in [-0.15, -0.1) is 6.58 Å². The molecule has 5 heteroatoms. The number of nitrogens with one attached hydrogen (secondary N) is 1. The van der Waals surface area contributed by atoms with Gasteiger partial charge in [0.1, 0.15) is 5.82 Å². The Hall–Kier alpha value is -1.88. The molecule has 0 saturated carbocycles. The van der Waals surface area contributed by atoms with Crippen LogP contribution < -0.4 is 5.32 Å². The van der Waals surface area contributed by atoms with Crippen molar-refractivity contribution in [1.29, 1.82) is 0 Å². The zero-order chi connectivity index (χ0) is 15.9. The second kappa shape index (κ2) is 7.94. The first-order valence-electron chi connectivity index (χ1n) is 7.68. The van der Waals surface area contributed by atoms with Crippen LogP contribution in [-0.4, -0.2) is 48.6 Å². The van der Waals surface area contributed by atoms with Crippen molar-refractivity contribution < 1.29 is 9.18 Å². The lowest BCUT2D eigenvalue weighted by molar-refractivity contribution is 0.183. The van der Waals surface area contributed by atoms with Gasteiger partial charge in [0.15, 0.2) is 0 Å². The Bertz CT molecular complexity index is 495. The number of urea groups is 1. The van der Waals surface area contributed by atoms with E-state index < -0.39 is 0 Å². The summed E-state index contributed by atoms with van der Waals surface area (Å²) >= 11 is 0. The number of carbonyl (C=O) groups excluding carboxylic acids is 1. The highest BCUT2D eigenvalue weighted by molar-refractivity contribution is 5.74. The van der Waals surface area contributed by atoms with Crippen LogP contribution in [0.4, 0.5) is 9.18 Å². The first-order chi connectivity index (χ1) is 10.6. The Balaban J connectivity index is 1.77. The quantitative estimate of drug-likeness (QED) is 0.849. The molecule has 22 heavy (non-hydrogen) atoms. The Morgan fingerprint density at radius 3 is 2.64 bits per heavy atom. The highest BCUT2D eigenvalue weighted by Gasteiger charge is 2.21. The number of hydrogen-bond acceptors (Lipinski definition) is 2. The molecule has 1 heterocycles. The topological polar surface area (TPSA) is 35.6 Å². The van der Waals surface area contributed by atoms with E-state index in [0.29, 0.717) is 6.54 Å². The predicted molar refractivity (Wildman–Crippen MR) is 86.1 cm³/mol. The zero-order valence-electron chi connectivity index (χ0n) is 13.1. The molecule has 1 saturated heterocycles. The van der Waals surface area contributed by atoms with Gasteiger partial charge in [0.2, 0.25) is 0 Å². The van der Waals surface area contributed by atoms with Gasteiger partial charge in [0, 0.05) is 39.3 Å². The van der Waals surface area contributed by atoms with Gasteiger partial charge >= 0.3 is 6.03 Å². The molecule has 0 spiro atoms. The summed E-state index contributed by atoms with van der Waals surface area (Å²) in [5, 5.41) is 3.07. The fourth-order valence-corrected chi connectivity index (χ4v) is 2.66. The van der Waals surface area contributed by atoms with Crippen molar-refractivity contribution in [2.45, 2.75) is 25.4 Å². The number of likely N-dealkylation sites (tertiary alicyclic amines) is 1. The van der Waals surface area contributed by atoms with Crippen molar-refractivity contribution in [1.82, 2.24) is 15.1 Å². The van der Waals surface area contributed by atoms with Crippen molar-refractivity contribution in [3.63, 3.8) is 0 Å². The van der Waals surface area contributed by atoms with E-state index in [9.17, 15) is 9.18 Å². The molecule has 0 bridgehead atoms. The van der Waals surface area contributed by atoms with Crippen molar-refractivity contribution >= 4 is 6.03 Å². The average molecular weight is 305 g/mol. The molecule has 1 aliphatic rings. The van der Waals surface area contributed by atoms with Crippen LogP contribution in [0.15, 0.2) is 36.9 Å². The Morgan fingerprint density at radius 1 is 1.41 bits per heavy atom. The van der Waals surface area contributed by atoms with Gasteiger partial charge in [-0.25, -0.2) is 9.18 Å². The highest BCUT2D eigenvalue weighted by Crippen LogP contribution is 2.11. The summed E-state index contributed by atoms with van der Waals surface area (Å²) in [5.74, 6) is -0.262. The summed E-state index contributed by atoms with van der Waals surface area (Å²) in [6.07, 6.45) is 3.84. The molecule has 1 aromatic carbocycles. The molecule has 0 atom stereocenters. The Kier molecular flexibility index (Phi) is 5.95. The number of halogens is 1. The van der Waals surface area contributed by atoms with Crippen molar-refractivity contribution in [2.75, 3.05) is 26.7 Å². The third kappa shape index (κ3) is 4.84.